The maximum atomic E-state index is 10.5. The molecule has 23 heavy (non-hydrogen) atoms. The molecule has 0 radical (unpaired) electrons. The van der Waals surface area contributed by atoms with Crippen LogP contribution in [0.1, 0.15) is 31.9 Å². The molecule has 0 amide bonds. The van der Waals surface area contributed by atoms with Gasteiger partial charge in [0.2, 0.25) is 0 Å². The lowest BCUT2D eigenvalue weighted by atomic mass is 10.0. The first kappa shape index (κ1) is 18.6. The third-order valence-electron chi connectivity index (χ3n) is 2.71. The first-order valence-corrected chi connectivity index (χ1v) is 7.45. The summed E-state index contributed by atoms with van der Waals surface area (Å²) in [6.45, 7) is 5.37. The van der Waals surface area contributed by atoms with E-state index in [1.165, 1.54) is 0 Å². The van der Waals surface area contributed by atoms with Crippen molar-refractivity contribution >= 4 is 11.7 Å². The smallest absolute Gasteiger partial charge is 0.320 e. The number of ether oxygens (including phenoxy) is 1. The van der Waals surface area contributed by atoms with E-state index in [-0.39, 0.29) is 12.5 Å². The number of esters is 1. The molecule has 2 aromatic carbocycles. The number of carbonyl (C=O) groups is 1. The highest BCUT2D eigenvalue weighted by molar-refractivity contribution is 6.10. The molecule has 0 aliphatic carbocycles. The Morgan fingerprint density at radius 3 is 1.61 bits per heavy atom. The summed E-state index contributed by atoms with van der Waals surface area (Å²) < 4.78 is 4.82. The maximum Gasteiger partial charge on any atom is 0.320 e. The molecule has 0 atom stereocenters. The molecule has 2 aromatic rings. The Bertz CT molecular complexity index is 575. The predicted molar refractivity (Wildman–Crippen MR) is 93.7 cm³/mol. The van der Waals surface area contributed by atoms with Crippen LogP contribution in [0, 0.1) is 5.41 Å². The van der Waals surface area contributed by atoms with Crippen LogP contribution in [0.4, 0.5) is 0 Å². The second-order valence-corrected chi connectivity index (χ2v) is 5.90. The van der Waals surface area contributed by atoms with Crippen LogP contribution in [0.15, 0.2) is 60.7 Å². The molecule has 0 aliphatic rings. The molecule has 0 unspecified atom stereocenters. The van der Waals surface area contributed by atoms with Gasteiger partial charge in [-0.05, 0) is 31.9 Å². The highest BCUT2D eigenvalue weighted by Gasteiger charge is 2.13. The minimum atomic E-state index is -0.406. The van der Waals surface area contributed by atoms with Gasteiger partial charge in [-0.1, -0.05) is 60.7 Å². The highest BCUT2D eigenvalue weighted by Crippen LogP contribution is 2.08. The van der Waals surface area contributed by atoms with Crippen molar-refractivity contribution < 1.29 is 9.53 Å². The Morgan fingerprint density at radius 1 is 0.957 bits per heavy atom. The molecular formula is C19H24N2O2. The Morgan fingerprint density at radius 2 is 1.35 bits per heavy atom. The van der Waals surface area contributed by atoms with Crippen molar-refractivity contribution in [3.05, 3.63) is 71.8 Å². The molecule has 0 fully saturated rings. The number of carbonyl (C=O) groups excluding carboxylic acids is 1. The number of nitrogens with one attached hydrogen (secondary N) is 1. The van der Waals surface area contributed by atoms with E-state index in [1.807, 2.05) is 60.7 Å². The average Bonchev–Trinajstić information content (AvgIpc) is 2.55. The van der Waals surface area contributed by atoms with Crippen LogP contribution in [0.5, 0.6) is 0 Å². The quantitative estimate of drug-likeness (QED) is 0.673. The monoisotopic (exact) mass is 312 g/mol. The minimum Gasteiger partial charge on any atom is -0.459 e. The molecule has 0 bridgehead atoms. The number of hydrogen-bond acceptors (Lipinski definition) is 4. The molecule has 0 saturated carbocycles. The SMILES string of the molecule is CC(C)(C)OC(=O)CN.N=C(c1ccccc1)c1ccccc1. The van der Waals surface area contributed by atoms with Gasteiger partial charge in [-0.2, -0.15) is 0 Å². The van der Waals surface area contributed by atoms with E-state index in [4.69, 9.17) is 15.9 Å². The fourth-order valence-corrected chi connectivity index (χ4v) is 1.76. The van der Waals surface area contributed by atoms with Crippen molar-refractivity contribution in [1.82, 2.24) is 0 Å². The van der Waals surface area contributed by atoms with Gasteiger partial charge in [0.1, 0.15) is 5.60 Å². The molecule has 0 spiro atoms. The largest absolute Gasteiger partial charge is 0.459 e. The average molecular weight is 312 g/mol. The van der Waals surface area contributed by atoms with Gasteiger partial charge < -0.3 is 10.5 Å². The van der Waals surface area contributed by atoms with Crippen LogP contribution >= 0.6 is 0 Å². The van der Waals surface area contributed by atoms with Crippen LogP contribution < -0.4 is 5.73 Å². The van der Waals surface area contributed by atoms with E-state index in [0.29, 0.717) is 5.71 Å². The minimum absolute atomic E-state index is 0.0444. The predicted octanol–water partition coefficient (Wildman–Crippen LogP) is 3.39. The van der Waals surface area contributed by atoms with E-state index in [9.17, 15) is 4.79 Å². The van der Waals surface area contributed by atoms with Crippen molar-refractivity contribution in [1.29, 1.82) is 5.41 Å². The molecule has 122 valence electrons. The van der Waals surface area contributed by atoms with Crippen molar-refractivity contribution in [2.24, 2.45) is 5.73 Å². The van der Waals surface area contributed by atoms with Crippen LogP contribution in [-0.2, 0) is 9.53 Å². The second-order valence-electron chi connectivity index (χ2n) is 5.90. The van der Waals surface area contributed by atoms with Crippen LogP contribution in [-0.4, -0.2) is 23.8 Å². The normalized spacial score (nSPS) is 10.3. The Labute approximate surface area is 137 Å². The summed E-state index contributed by atoms with van der Waals surface area (Å²) in [6, 6.07) is 19.5. The Kier molecular flexibility index (Phi) is 7.16. The second kappa shape index (κ2) is 8.86. The molecule has 3 N–H and O–H groups in total. The van der Waals surface area contributed by atoms with Crippen molar-refractivity contribution in [2.75, 3.05) is 6.54 Å². The standard InChI is InChI=1S/C13H11N.C6H13NO2/c14-13(11-7-3-1-4-8-11)12-9-5-2-6-10-12;1-6(2,3)9-5(8)4-7/h1-10,14H;4,7H2,1-3H3. The van der Waals surface area contributed by atoms with Gasteiger partial charge in [0.15, 0.2) is 0 Å². The lowest BCUT2D eigenvalue weighted by Gasteiger charge is -2.18. The highest BCUT2D eigenvalue weighted by atomic mass is 16.6. The molecule has 0 saturated heterocycles. The van der Waals surface area contributed by atoms with Gasteiger partial charge in [0.25, 0.3) is 0 Å². The Hall–Kier alpha value is -2.46. The van der Waals surface area contributed by atoms with Gasteiger partial charge in [0, 0.05) is 0 Å². The van der Waals surface area contributed by atoms with E-state index in [0.717, 1.165) is 11.1 Å². The topological polar surface area (TPSA) is 76.2 Å². The van der Waals surface area contributed by atoms with Crippen LogP contribution in [0.2, 0.25) is 0 Å². The van der Waals surface area contributed by atoms with Gasteiger partial charge in [-0.25, -0.2) is 0 Å². The summed E-state index contributed by atoms with van der Waals surface area (Å²) in [5, 5.41) is 7.97. The summed E-state index contributed by atoms with van der Waals surface area (Å²) in [7, 11) is 0. The van der Waals surface area contributed by atoms with E-state index in [2.05, 4.69) is 0 Å². The number of benzene rings is 2. The molecule has 0 aromatic heterocycles. The van der Waals surface area contributed by atoms with Crippen LogP contribution in [0.25, 0.3) is 0 Å². The zero-order valence-corrected chi connectivity index (χ0v) is 13.9. The lowest BCUT2D eigenvalue weighted by molar-refractivity contribution is -0.152. The number of rotatable bonds is 3. The van der Waals surface area contributed by atoms with Crippen molar-refractivity contribution in [2.45, 2.75) is 26.4 Å². The molecular weight excluding hydrogens is 288 g/mol. The molecule has 0 heterocycles. The third kappa shape index (κ3) is 7.38. The molecule has 2 rings (SSSR count). The maximum absolute atomic E-state index is 10.5. The first-order chi connectivity index (χ1) is 10.8. The third-order valence-corrected chi connectivity index (χ3v) is 2.71. The summed E-state index contributed by atoms with van der Waals surface area (Å²) in [5.41, 5.74) is 7.09. The lowest BCUT2D eigenvalue weighted by Crippen LogP contribution is -2.28. The van der Waals surface area contributed by atoms with Gasteiger partial charge in [0.05, 0.1) is 12.3 Å². The van der Waals surface area contributed by atoms with Gasteiger partial charge in [-0.3, -0.25) is 10.2 Å². The van der Waals surface area contributed by atoms with Gasteiger partial charge >= 0.3 is 5.97 Å². The number of hydrogen-bond donors (Lipinski definition) is 2. The van der Waals surface area contributed by atoms with Crippen molar-refractivity contribution in [3.8, 4) is 0 Å². The Balaban J connectivity index is 0.000000257. The summed E-state index contributed by atoms with van der Waals surface area (Å²) in [5.74, 6) is -0.359. The zero-order valence-electron chi connectivity index (χ0n) is 13.9. The van der Waals surface area contributed by atoms with Gasteiger partial charge in [-0.15, -0.1) is 0 Å². The van der Waals surface area contributed by atoms with E-state index >= 15 is 0 Å². The fourth-order valence-electron chi connectivity index (χ4n) is 1.76. The summed E-state index contributed by atoms with van der Waals surface area (Å²) in [6.07, 6.45) is 0. The van der Waals surface area contributed by atoms with Crippen LogP contribution in [0.3, 0.4) is 0 Å². The zero-order chi connectivity index (χ0) is 17.3. The molecule has 4 heteroatoms. The van der Waals surface area contributed by atoms with E-state index in [1.54, 1.807) is 20.8 Å². The van der Waals surface area contributed by atoms with Crippen molar-refractivity contribution in [3.63, 3.8) is 0 Å². The summed E-state index contributed by atoms with van der Waals surface area (Å²) in [4.78, 5) is 10.5. The number of nitrogens with two attached hydrogens (primary N) is 1. The van der Waals surface area contributed by atoms with E-state index < -0.39 is 5.60 Å². The molecule has 0 aliphatic heterocycles. The summed E-state index contributed by atoms with van der Waals surface area (Å²) >= 11 is 0. The molecule has 4 nitrogen and oxygen atoms in total. The first-order valence-electron chi connectivity index (χ1n) is 7.45. The fraction of sp³-hybridized carbons (Fsp3) is 0.263.